The third-order valence-electron chi connectivity index (χ3n) is 1.73. The summed E-state index contributed by atoms with van der Waals surface area (Å²) in [5, 5.41) is 0. The Hall–Kier alpha value is -1.17. The molecule has 0 fully saturated rings. The van der Waals surface area contributed by atoms with Crippen molar-refractivity contribution in [2.24, 2.45) is 0 Å². The zero-order chi connectivity index (χ0) is 10.9. The second-order valence-corrected chi connectivity index (χ2v) is 2.65. The van der Waals surface area contributed by atoms with E-state index in [-0.39, 0.29) is 13.0 Å². The van der Waals surface area contributed by atoms with Crippen LogP contribution in [0.1, 0.15) is 5.56 Å². The molecule has 0 atom stereocenters. The number of quaternary nitrogens is 1. The average Bonchev–Trinajstić information content (AvgIpc) is 2.19. The van der Waals surface area contributed by atoms with Crippen molar-refractivity contribution in [1.29, 1.82) is 0 Å². The molecule has 0 spiro atoms. The topological polar surface area (TPSA) is 27.6 Å². The first-order chi connectivity index (χ1) is 6.50. The van der Waals surface area contributed by atoms with Crippen molar-refractivity contribution in [2.45, 2.75) is 6.42 Å². The average molecular weight is 212 g/mol. The first kappa shape index (κ1) is 10.9. The van der Waals surface area contributed by atoms with Gasteiger partial charge < -0.3 is 5.73 Å². The molecule has 1 aromatic rings. The lowest BCUT2D eigenvalue weighted by Crippen LogP contribution is -2.51. The highest BCUT2D eigenvalue weighted by Crippen LogP contribution is 2.22. The fraction of sp³-hybridized carbons (Fsp3) is 0.250. The molecule has 3 N–H and O–H groups in total. The highest BCUT2D eigenvalue weighted by Gasteiger charge is 2.25. The predicted molar refractivity (Wildman–Crippen MR) is 37.7 cm³/mol. The van der Waals surface area contributed by atoms with Crippen molar-refractivity contribution >= 4 is 0 Å². The van der Waals surface area contributed by atoms with Gasteiger partial charge in [0.15, 0.2) is 23.3 Å². The Kier molecular flexibility index (Phi) is 3.05. The Bertz CT molecular complexity index is 334. The van der Waals surface area contributed by atoms with Gasteiger partial charge in [-0.1, -0.05) is 0 Å². The van der Waals surface area contributed by atoms with Gasteiger partial charge in [-0.3, -0.25) is 0 Å². The molecule has 1 rings (SSSR count). The molecule has 0 aliphatic rings. The van der Waals surface area contributed by atoms with E-state index >= 15 is 0 Å². The molecular formula is C8H7F5N+. The molecule has 0 unspecified atom stereocenters. The molecule has 0 bridgehead atoms. The molecule has 0 heterocycles. The van der Waals surface area contributed by atoms with Crippen molar-refractivity contribution in [3.63, 3.8) is 0 Å². The van der Waals surface area contributed by atoms with E-state index in [2.05, 4.69) is 5.73 Å². The lowest BCUT2D eigenvalue weighted by Gasteiger charge is -2.05. The molecule has 1 nitrogen and oxygen atoms in total. The van der Waals surface area contributed by atoms with Crippen molar-refractivity contribution in [2.75, 3.05) is 6.54 Å². The third-order valence-corrected chi connectivity index (χ3v) is 1.73. The summed E-state index contributed by atoms with van der Waals surface area (Å²) in [5.74, 6) is -9.50. The Morgan fingerprint density at radius 3 is 1.43 bits per heavy atom. The minimum absolute atomic E-state index is 0.0539. The van der Waals surface area contributed by atoms with Crippen LogP contribution in [0.15, 0.2) is 0 Å². The van der Waals surface area contributed by atoms with E-state index in [1.807, 2.05) is 0 Å². The molecule has 78 valence electrons. The molecule has 0 amide bonds. The molecule has 0 aliphatic carbocycles. The maximum Gasteiger partial charge on any atom is 0.200 e. The molecule has 6 heteroatoms. The van der Waals surface area contributed by atoms with Crippen LogP contribution in [0.5, 0.6) is 0 Å². The van der Waals surface area contributed by atoms with Crippen LogP contribution in [0.3, 0.4) is 0 Å². The summed E-state index contributed by atoms with van der Waals surface area (Å²) in [4.78, 5) is 0. The van der Waals surface area contributed by atoms with E-state index in [0.29, 0.717) is 0 Å². The molecular weight excluding hydrogens is 205 g/mol. The quantitative estimate of drug-likeness (QED) is 0.433. The summed E-state index contributed by atoms with van der Waals surface area (Å²) in [6.45, 7) is 0.0539. The first-order valence-electron chi connectivity index (χ1n) is 3.80. The van der Waals surface area contributed by atoms with Crippen LogP contribution in [0.25, 0.3) is 0 Å². The maximum absolute atomic E-state index is 12.8. The van der Waals surface area contributed by atoms with Gasteiger partial charge in [0.1, 0.15) is 0 Å². The summed E-state index contributed by atoms with van der Waals surface area (Å²) in [7, 11) is 0. The van der Waals surface area contributed by atoms with Gasteiger partial charge in [-0.05, 0) is 0 Å². The third kappa shape index (κ3) is 1.57. The van der Waals surface area contributed by atoms with E-state index in [4.69, 9.17) is 0 Å². The van der Waals surface area contributed by atoms with Gasteiger partial charge in [0.2, 0.25) is 5.82 Å². The standard InChI is InChI=1S/C8H6F5N/c9-4-3(1-2-14)5(10)7(12)8(13)6(4)11/h1-2,14H2/p+1. The van der Waals surface area contributed by atoms with Gasteiger partial charge in [0.25, 0.3) is 0 Å². The highest BCUT2D eigenvalue weighted by atomic mass is 19.2. The van der Waals surface area contributed by atoms with Crippen molar-refractivity contribution in [3.8, 4) is 0 Å². The number of rotatable bonds is 2. The minimum Gasteiger partial charge on any atom is -0.357 e. The van der Waals surface area contributed by atoms with Crippen LogP contribution < -0.4 is 5.73 Å². The van der Waals surface area contributed by atoms with Gasteiger partial charge >= 0.3 is 0 Å². The predicted octanol–water partition coefficient (Wildman–Crippen LogP) is 1.17. The Morgan fingerprint density at radius 2 is 1.07 bits per heavy atom. The summed E-state index contributed by atoms with van der Waals surface area (Å²) in [6, 6.07) is 0. The summed E-state index contributed by atoms with van der Waals surface area (Å²) < 4.78 is 63.3. The Balaban J connectivity index is 3.43. The van der Waals surface area contributed by atoms with Crippen molar-refractivity contribution < 1.29 is 27.7 Å². The fourth-order valence-electron chi connectivity index (χ4n) is 1.05. The molecule has 0 aliphatic heterocycles. The summed E-state index contributed by atoms with van der Waals surface area (Å²) in [6.07, 6.45) is -0.286. The molecule has 14 heavy (non-hydrogen) atoms. The smallest absolute Gasteiger partial charge is 0.200 e. The van der Waals surface area contributed by atoms with Crippen molar-refractivity contribution in [3.05, 3.63) is 34.6 Å². The lowest BCUT2D eigenvalue weighted by molar-refractivity contribution is -0.366. The largest absolute Gasteiger partial charge is 0.357 e. The number of halogens is 5. The number of hydrogen-bond acceptors (Lipinski definition) is 0. The van der Waals surface area contributed by atoms with Crippen LogP contribution >= 0.6 is 0 Å². The molecule has 0 aromatic heterocycles. The van der Waals surface area contributed by atoms with Crippen LogP contribution in [-0.4, -0.2) is 6.54 Å². The summed E-state index contributed by atoms with van der Waals surface area (Å²) in [5.41, 5.74) is 2.46. The monoisotopic (exact) mass is 212 g/mol. The Morgan fingerprint density at radius 1 is 0.714 bits per heavy atom. The Labute approximate surface area is 76.3 Å². The van der Waals surface area contributed by atoms with Crippen LogP contribution in [0, 0.1) is 29.1 Å². The SMILES string of the molecule is [NH3+]CCc1c(F)c(F)c(F)c(F)c1F. The van der Waals surface area contributed by atoms with Gasteiger partial charge in [-0.2, -0.15) is 0 Å². The second-order valence-electron chi connectivity index (χ2n) is 2.65. The lowest BCUT2D eigenvalue weighted by atomic mass is 10.1. The first-order valence-corrected chi connectivity index (χ1v) is 3.80. The van der Waals surface area contributed by atoms with Gasteiger partial charge in [-0.25, -0.2) is 22.0 Å². The van der Waals surface area contributed by atoms with E-state index in [0.717, 1.165) is 0 Å². The minimum atomic E-state index is -2.13. The van der Waals surface area contributed by atoms with Gasteiger partial charge in [-0.15, -0.1) is 0 Å². The van der Waals surface area contributed by atoms with E-state index in [9.17, 15) is 22.0 Å². The van der Waals surface area contributed by atoms with Crippen molar-refractivity contribution in [1.82, 2.24) is 0 Å². The van der Waals surface area contributed by atoms with E-state index < -0.39 is 34.6 Å². The van der Waals surface area contributed by atoms with Crippen LogP contribution in [0.2, 0.25) is 0 Å². The zero-order valence-electron chi connectivity index (χ0n) is 7.01. The number of benzene rings is 1. The van der Waals surface area contributed by atoms with Gasteiger partial charge in [0, 0.05) is 12.0 Å². The molecule has 0 radical (unpaired) electrons. The van der Waals surface area contributed by atoms with Gasteiger partial charge in [0.05, 0.1) is 6.54 Å². The normalized spacial score (nSPS) is 10.7. The van der Waals surface area contributed by atoms with Crippen LogP contribution in [-0.2, 0) is 6.42 Å². The highest BCUT2D eigenvalue weighted by molar-refractivity contribution is 5.24. The zero-order valence-corrected chi connectivity index (χ0v) is 7.01. The van der Waals surface area contributed by atoms with E-state index in [1.165, 1.54) is 0 Å². The molecule has 0 saturated heterocycles. The summed E-state index contributed by atoms with van der Waals surface area (Å²) >= 11 is 0. The second kappa shape index (κ2) is 3.91. The van der Waals surface area contributed by atoms with E-state index in [1.54, 1.807) is 0 Å². The number of hydrogen-bond donors (Lipinski definition) is 1. The van der Waals surface area contributed by atoms with Crippen LogP contribution in [0.4, 0.5) is 22.0 Å². The maximum atomic E-state index is 12.8. The fourth-order valence-corrected chi connectivity index (χ4v) is 1.05. The molecule has 1 aromatic carbocycles. The molecule has 0 saturated carbocycles.